The molecule has 0 spiro atoms. The summed E-state index contributed by atoms with van der Waals surface area (Å²) in [6.45, 7) is 6.79. The molecular formula is C16H28. The Morgan fingerprint density at radius 3 is 2.25 bits per heavy atom. The second-order valence-electron chi connectivity index (χ2n) is 6.53. The third-order valence-electron chi connectivity index (χ3n) is 4.69. The van der Waals surface area contributed by atoms with Crippen LogP contribution in [0.1, 0.15) is 78.6 Å². The van der Waals surface area contributed by atoms with Crippen LogP contribution in [0, 0.1) is 10.8 Å². The van der Waals surface area contributed by atoms with Crippen LogP contribution in [0.4, 0.5) is 0 Å². The topological polar surface area (TPSA) is 0 Å². The first-order valence-corrected chi connectivity index (χ1v) is 7.30. The highest BCUT2D eigenvalue weighted by molar-refractivity contribution is 5.38. The number of allylic oxidation sites excluding steroid dienone is 2. The zero-order valence-corrected chi connectivity index (χ0v) is 11.4. The fourth-order valence-corrected chi connectivity index (χ4v) is 3.54. The molecule has 0 bridgehead atoms. The van der Waals surface area contributed by atoms with Crippen LogP contribution in [0.3, 0.4) is 0 Å². The standard InChI is InChI=1S/C16H28/c1-4-5-6-7-8-9-10-15-12-16(15,13-15)11-14(2)3/h11H,4-10,12-13H2,1-3H3. The average Bonchev–Trinajstić information content (AvgIpc) is 2.96. The molecule has 0 aromatic carbocycles. The molecule has 16 heavy (non-hydrogen) atoms. The van der Waals surface area contributed by atoms with Crippen molar-refractivity contribution in [2.24, 2.45) is 10.8 Å². The van der Waals surface area contributed by atoms with E-state index < -0.39 is 0 Å². The minimum absolute atomic E-state index is 0.718. The summed E-state index contributed by atoms with van der Waals surface area (Å²) in [5.74, 6) is 0. The van der Waals surface area contributed by atoms with Gasteiger partial charge in [-0.25, -0.2) is 0 Å². The first-order chi connectivity index (χ1) is 7.64. The minimum atomic E-state index is 0.718. The summed E-state index contributed by atoms with van der Waals surface area (Å²) in [6.07, 6.45) is 15.8. The van der Waals surface area contributed by atoms with Gasteiger partial charge in [0.15, 0.2) is 0 Å². The molecule has 2 saturated carbocycles. The van der Waals surface area contributed by atoms with Gasteiger partial charge in [0.05, 0.1) is 0 Å². The molecule has 0 nitrogen and oxygen atoms in total. The molecule has 2 rings (SSSR count). The lowest BCUT2D eigenvalue weighted by molar-refractivity contribution is 0.514. The van der Waals surface area contributed by atoms with E-state index in [1.54, 1.807) is 0 Å². The molecule has 0 unspecified atom stereocenters. The van der Waals surface area contributed by atoms with Gasteiger partial charge < -0.3 is 0 Å². The lowest BCUT2D eigenvalue weighted by atomic mass is 10.0. The smallest absolute Gasteiger partial charge is 0.00475 e. The Morgan fingerprint density at radius 1 is 1.00 bits per heavy atom. The van der Waals surface area contributed by atoms with Crippen LogP contribution >= 0.6 is 0 Å². The first-order valence-electron chi connectivity index (χ1n) is 7.30. The molecule has 0 aromatic heterocycles. The van der Waals surface area contributed by atoms with Crippen molar-refractivity contribution < 1.29 is 0 Å². The van der Waals surface area contributed by atoms with Gasteiger partial charge in [-0.2, -0.15) is 0 Å². The molecule has 0 atom stereocenters. The van der Waals surface area contributed by atoms with E-state index in [4.69, 9.17) is 0 Å². The van der Waals surface area contributed by atoms with Crippen molar-refractivity contribution in [1.82, 2.24) is 0 Å². The van der Waals surface area contributed by atoms with Crippen LogP contribution in [0.5, 0.6) is 0 Å². The molecule has 0 aliphatic heterocycles. The molecule has 0 saturated heterocycles. The fraction of sp³-hybridized carbons (Fsp3) is 0.875. The van der Waals surface area contributed by atoms with Gasteiger partial charge in [-0.15, -0.1) is 0 Å². The summed E-state index contributed by atoms with van der Waals surface area (Å²) in [7, 11) is 0. The second-order valence-corrected chi connectivity index (χ2v) is 6.53. The minimum Gasteiger partial charge on any atom is -0.0798 e. The van der Waals surface area contributed by atoms with E-state index in [-0.39, 0.29) is 0 Å². The molecule has 0 radical (unpaired) electrons. The van der Waals surface area contributed by atoms with Crippen molar-refractivity contribution in [3.05, 3.63) is 11.6 Å². The number of unbranched alkanes of at least 4 members (excludes halogenated alkanes) is 5. The van der Waals surface area contributed by atoms with E-state index in [2.05, 4.69) is 26.8 Å². The van der Waals surface area contributed by atoms with Gasteiger partial charge in [-0.1, -0.05) is 57.1 Å². The van der Waals surface area contributed by atoms with Crippen molar-refractivity contribution in [2.75, 3.05) is 0 Å². The summed E-state index contributed by atoms with van der Waals surface area (Å²) in [5, 5.41) is 0. The Labute approximate surface area is 102 Å². The molecule has 0 heteroatoms. The maximum atomic E-state index is 2.56. The van der Waals surface area contributed by atoms with E-state index in [0.717, 1.165) is 10.8 Å². The van der Waals surface area contributed by atoms with E-state index in [0.29, 0.717) is 0 Å². The average molecular weight is 220 g/mol. The van der Waals surface area contributed by atoms with E-state index in [9.17, 15) is 0 Å². The largest absolute Gasteiger partial charge is 0.0798 e. The summed E-state index contributed by atoms with van der Waals surface area (Å²) in [5.41, 5.74) is 3.06. The third-order valence-corrected chi connectivity index (χ3v) is 4.69. The molecule has 0 amide bonds. The van der Waals surface area contributed by atoms with Crippen LogP contribution in [-0.4, -0.2) is 0 Å². The van der Waals surface area contributed by atoms with E-state index in [1.165, 1.54) is 63.4 Å². The van der Waals surface area contributed by atoms with Gasteiger partial charge in [-0.05, 0) is 43.9 Å². The van der Waals surface area contributed by atoms with Gasteiger partial charge in [0.1, 0.15) is 0 Å². The number of fused-ring (bicyclic) bond motifs is 1. The van der Waals surface area contributed by atoms with Crippen LogP contribution in [0.2, 0.25) is 0 Å². The third kappa shape index (κ3) is 2.36. The SMILES string of the molecule is CCCCCCCCC12CC1(C=C(C)C)C2. The van der Waals surface area contributed by atoms with Gasteiger partial charge >= 0.3 is 0 Å². The Kier molecular flexibility index (Phi) is 3.47. The summed E-state index contributed by atoms with van der Waals surface area (Å²) in [6, 6.07) is 0. The normalized spacial score (nSPS) is 34.4. The van der Waals surface area contributed by atoms with Crippen molar-refractivity contribution in [2.45, 2.75) is 78.6 Å². The molecule has 0 N–H and O–H groups in total. The maximum Gasteiger partial charge on any atom is -0.00475 e. The zero-order chi connectivity index (χ0) is 11.6. The number of hydrogen-bond acceptors (Lipinski definition) is 0. The molecule has 2 fully saturated rings. The predicted octanol–water partition coefficient (Wildman–Crippen LogP) is 5.48. The molecule has 0 aromatic rings. The summed E-state index contributed by atoms with van der Waals surface area (Å²) >= 11 is 0. The quantitative estimate of drug-likeness (QED) is 0.375. The van der Waals surface area contributed by atoms with Crippen LogP contribution < -0.4 is 0 Å². The molecule has 92 valence electrons. The molecule has 2 aliphatic carbocycles. The van der Waals surface area contributed by atoms with Gasteiger partial charge in [0.2, 0.25) is 0 Å². The number of hydrogen-bond donors (Lipinski definition) is 0. The monoisotopic (exact) mass is 220 g/mol. The highest BCUT2D eigenvalue weighted by atomic mass is 14.8. The first kappa shape index (κ1) is 12.2. The second kappa shape index (κ2) is 4.55. The Hall–Kier alpha value is -0.260. The Balaban J connectivity index is 1.56. The molecule has 0 heterocycles. The highest BCUT2D eigenvalue weighted by Crippen LogP contribution is 2.88. The van der Waals surface area contributed by atoms with Crippen molar-refractivity contribution in [3.8, 4) is 0 Å². The van der Waals surface area contributed by atoms with Gasteiger partial charge in [-0.3, -0.25) is 0 Å². The van der Waals surface area contributed by atoms with Crippen LogP contribution in [0.15, 0.2) is 11.6 Å². The summed E-state index contributed by atoms with van der Waals surface area (Å²) < 4.78 is 0. The Morgan fingerprint density at radius 2 is 1.62 bits per heavy atom. The van der Waals surface area contributed by atoms with Crippen molar-refractivity contribution >= 4 is 0 Å². The van der Waals surface area contributed by atoms with E-state index in [1.807, 2.05) is 0 Å². The predicted molar refractivity (Wildman–Crippen MR) is 71.5 cm³/mol. The number of rotatable bonds is 8. The van der Waals surface area contributed by atoms with Gasteiger partial charge in [0, 0.05) is 0 Å². The maximum absolute atomic E-state index is 2.56. The fourth-order valence-electron chi connectivity index (χ4n) is 3.54. The Bertz CT molecular complexity index is 262. The molecule has 2 aliphatic rings. The lowest BCUT2D eigenvalue weighted by Gasteiger charge is -2.02. The molecular weight excluding hydrogens is 192 g/mol. The highest BCUT2D eigenvalue weighted by Gasteiger charge is 2.80. The summed E-state index contributed by atoms with van der Waals surface area (Å²) in [4.78, 5) is 0. The van der Waals surface area contributed by atoms with Crippen LogP contribution in [-0.2, 0) is 0 Å². The van der Waals surface area contributed by atoms with Crippen LogP contribution in [0.25, 0.3) is 0 Å². The van der Waals surface area contributed by atoms with E-state index >= 15 is 0 Å². The van der Waals surface area contributed by atoms with Crippen molar-refractivity contribution in [3.63, 3.8) is 0 Å². The van der Waals surface area contributed by atoms with Crippen molar-refractivity contribution in [1.29, 1.82) is 0 Å². The lowest BCUT2D eigenvalue weighted by Crippen LogP contribution is -1.86. The van der Waals surface area contributed by atoms with Gasteiger partial charge in [0.25, 0.3) is 0 Å². The zero-order valence-electron chi connectivity index (χ0n) is 11.4.